The van der Waals surface area contributed by atoms with Crippen LogP contribution in [0.2, 0.25) is 0 Å². The number of hydrogen-bond acceptors (Lipinski definition) is 6. The summed E-state index contributed by atoms with van der Waals surface area (Å²) < 4.78 is 41.4. The van der Waals surface area contributed by atoms with Crippen LogP contribution in [0.4, 0.5) is 0 Å². The number of aromatic nitrogens is 1. The summed E-state index contributed by atoms with van der Waals surface area (Å²) >= 11 is 0. The van der Waals surface area contributed by atoms with E-state index in [2.05, 4.69) is 9.71 Å². The monoisotopic (exact) mass is 516 g/mol. The molecule has 1 aromatic heterocycles. The zero-order valence-electron chi connectivity index (χ0n) is 20.9. The minimum absolute atomic E-state index is 0.0187. The van der Waals surface area contributed by atoms with Crippen LogP contribution in [0.1, 0.15) is 34.7 Å². The van der Waals surface area contributed by atoms with Crippen LogP contribution in [0, 0.1) is 13.8 Å². The quantitative estimate of drug-likeness (QED) is 0.397. The highest BCUT2D eigenvalue weighted by Gasteiger charge is 2.51. The molecule has 2 atom stereocenters. The number of pyridine rings is 1. The fraction of sp³-hybridized carbons (Fsp3) is 0.241. The van der Waals surface area contributed by atoms with Crippen molar-refractivity contribution in [3.05, 3.63) is 101 Å². The van der Waals surface area contributed by atoms with E-state index >= 15 is 0 Å². The van der Waals surface area contributed by atoms with Crippen LogP contribution in [-0.2, 0) is 25.2 Å². The average molecular weight is 517 g/mol. The lowest BCUT2D eigenvalue weighted by atomic mass is 9.83. The van der Waals surface area contributed by atoms with Crippen LogP contribution < -0.4 is 9.46 Å². The van der Waals surface area contributed by atoms with Gasteiger partial charge in [0, 0.05) is 22.6 Å². The maximum atomic E-state index is 14.0. The third-order valence-electron chi connectivity index (χ3n) is 6.84. The van der Waals surface area contributed by atoms with Crippen LogP contribution in [-0.4, -0.2) is 33.0 Å². The number of hydrogen-bond donors (Lipinski definition) is 1. The molecule has 3 aromatic carbocycles. The molecule has 1 unspecified atom stereocenters. The Bertz CT molecular complexity index is 1590. The SMILES string of the molecule is COc1ccc(C)cc1[C@@]1(C(=O)NS(=O)(=O)c2cccc3nc(C)ccc23)CC(c2ccccc2)CO1. The lowest BCUT2D eigenvalue weighted by Gasteiger charge is -2.29. The molecule has 2 heterocycles. The van der Waals surface area contributed by atoms with E-state index in [1.165, 1.54) is 13.2 Å². The van der Waals surface area contributed by atoms with Gasteiger partial charge >= 0.3 is 0 Å². The van der Waals surface area contributed by atoms with Gasteiger partial charge in [0.1, 0.15) is 5.75 Å². The summed E-state index contributed by atoms with van der Waals surface area (Å²) in [5, 5.41) is 0.435. The number of carbonyl (C=O) groups is 1. The molecule has 190 valence electrons. The minimum atomic E-state index is -4.25. The third-order valence-corrected chi connectivity index (χ3v) is 8.23. The number of fused-ring (bicyclic) bond motifs is 1. The van der Waals surface area contributed by atoms with Crippen LogP contribution in [0.25, 0.3) is 10.9 Å². The van der Waals surface area contributed by atoms with Crippen molar-refractivity contribution in [1.82, 2.24) is 9.71 Å². The van der Waals surface area contributed by atoms with Crippen LogP contribution in [0.15, 0.2) is 83.8 Å². The topological polar surface area (TPSA) is 94.6 Å². The minimum Gasteiger partial charge on any atom is -0.496 e. The zero-order valence-corrected chi connectivity index (χ0v) is 21.7. The number of carbonyl (C=O) groups excluding carboxylic acids is 1. The van der Waals surface area contributed by atoms with Gasteiger partial charge in [-0.2, -0.15) is 0 Å². The van der Waals surface area contributed by atoms with Gasteiger partial charge in [0.05, 0.1) is 24.1 Å². The second kappa shape index (κ2) is 9.61. The predicted octanol–water partition coefficient (Wildman–Crippen LogP) is 4.76. The first-order valence-corrected chi connectivity index (χ1v) is 13.5. The summed E-state index contributed by atoms with van der Waals surface area (Å²) in [6, 6.07) is 23.5. The Balaban J connectivity index is 1.58. The van der Waals surface area contributed by atoms with Crippen molar-refractivity contribution in [2.75, 3.05) is 13.7 Å². The smallest absolute Gasteiger partial charge is 0.270 e. The molecule has 0 saturated carbocycles. The van der Waals surface area contributed by atoms with E-state index in [0.717, 1.165) is 16.8 Å². The molecule has 1 aliphatic heterocycles. The molecule has 0 spiro atoms. The molecule has 7 nitrogen and oxygen atoms in total. The Morgan fingerprint density at radius 3 is 2.57 bits per heavy atom. The van der Waals surface area contributed by atoms with E-state index < -0.39 is 21.5 Å². The number of methoxy groups -OCH3 is 1. The Labute approximate surface area is 216 Å². The number of ether oxygens (including phenoxy) is 2. The van der Waals surface area contributed by atoms with E-state index in [9.17, 15) is 13.2 Å². The highest BCUT2D eigenvalue weighted by atomic mass is 32.2. The molecule has 0 aliphatic carbocycles. The Kier molecular flexibility index (Phi) is 6.47. The van der Waals surface area contributed by atoms with Gasteiger partial charge in [0.2, 0.25) is 0 Å². The van der Waals surface area contributed by atoms with Crippen molar-refractivity contribution in [3.63, 3.8) is 0 Å². The number of nitrogens with one attached hydrogen (secondary N) is 1. The normalized spacial score (nSPS) is 19.6. The predicted molar refractivity (Wildman–Crippen MR) is 141 cm³/mol. The molecule has 1 aliphatic rings. The van der Waals surface area contributed by atoms with Crippen LogP contribution in [0.3, 0.4) is 0 Å². The summed E-state index contributed by atoms with van der Waals surface area (Å²) in [7, 11) is -2.74. The standard InChI is InChI=1S/C29H28N2O5S/c1-19-12-15-26(35-3)24(16-19)29(17-22(18-36-29)21-8-5-4-6-9-21)28(32)31-37(33,34)27-11-7-10-25-23(27)14-13-20(2)30-25/h4-16,22H,17-18H2,1-3H3,(H,31,32)/t22?,29-/m1/s1. The van der Waals surface area contributed by atoms with E-state index in [0.29, 0.717) is 22.2 Å². The van der Waals surface area contributed by atoms with E-state index in [4.69, 9.17) is 9.47 Å². The first-order valence-electron chi connectivity index (χ1n) is 12.0. The van der Waals surface area contributed by atoms with Crippen molar-refractivity contribution in [1.29, 1.82) is 0 Å². The Hall–Kier alpha value is -3.75. The highest BCUT2D eigenvalue weighted by molar-refractivity contribution is 7.90. The highest BCUT2D eigenvalue weighted by Crippen LogP contribution is 2.47. The van der Waals surface area contributed by atoms with Crippen molar-refractivity contribution in [2.24, 2.45) is 0 Å². The third kappa shape index (κ3) is 4.58. The number of sulfonamides is 1. The summed E-state index contributed by atoms with van der Waals surface area (Å²) in [6.45, 7) is 3.99. The molecular weight excluding hydrogens is 488 g/mol. The molecular formula is C29H28N2O5S. The van der Waals surface area contributed by atoms with Gasteiger partial charge in [0.15, 0.2) is 5.60 Å². The van der Waals surface area contributed by atoms with E-state index in [-0.39, 0.29) is 23.8 Å². The number of nitrogens with zero attached hydrogens (tertiary/aromatic N) is 1. The van der Waals surface area contributed by atoms with Gasteiger partial charge in [-0.15, -0.1) is 0 Å². The van der Waals surface area contributed by atoms with Gasteiger partial charge in [-0.1, -0.05) is 48.0 Å². The van der Waals surface area contributed by atoms with Crippen molar-refractivity contribution in [3.8, 4) is 5.75 Å². The van der Waals surface area contributed by atoms with Gasteiger partial charge in [-0.25, -0.2) is 13.1 Å². The number of benzene rings is 3. The van der Waals surface area contributed by atoms with Crippen LogP contribution >= 0.6 is 0 Å². The van der Waals surface area contributed by atoms with Crippen molar-refractivity contribution >= 4 is 26.8 Å². The Morgan fingerprint density at radius 2 is 1.81 bits per heavy atom. The second-order valence-corrected chi connectivity index (χ2v) is 11.0. The van der Waals surface area contributed by atoms with Crippen LogP contribution in [0.5, 0.6) is 5.75 Å². The summed E-state index contributed by atoms with van der Waals surface area (Å²) in [5.74, 6) is -0.409. The molecule has 8 heteroatoms. The molecule has 1 saturated heterocycles. The van der Waals surface area contributed by atoms with Gasteiger partial charge < -0.3 is 9.47 Å². The molecule has 0 radical (unpaired) electrons. The molecule has 5 rings (SSSR count). The van der Waals surface area contributed by atoms with Gasteiger partial charge in [0.25, 0.3) is 15.9 Å². The maximum Gasteiger partial charge on any atom is 0.270 e. The fourth-order valence-electron chi connectivity index (χ4n) is 4.98. The lowest BCUT2D eigenvalue weighted by Crippen LogP contribution is -2.46. The largest absolute Gasteiger partial charge is 0.496 e. The van der Waals surface area contributed by atoms with E-state index in [1.807, 2.05) is 56.3 Å². The number of aryl methyl sites for hydroxylation is 2. The summed E-state index contributed by atoms with van der Waals surface area (Å²) in [4.78, 5) is 18.4. The number of amides is 1. The molecule has 37 heavy (non-hydrogen) atoms. The summed E-state index contributed by atoms with van der Waals surface area (Å²) in [6.07, 6.45) is 0.258. The van der Waals surface area contributed by atoms with Crippen molar-refractivity contribution < 1.29 is 22.7 Å². The molecule has 1 amide bonds. The summed E-state index contributed by atoms with van der Waals surface area (Å²) in [5.41, 5.74) is 2.14. The Morgan fingerprint density at radius 1 is 1.03 bits per heavy atom. The zero-order chi connectivity index (χ0) is 26.2. The first-order chi connectivity index (χ1) is 17.7. The second-order valence-electron chi connectivity index (χ2n) is 9.36. The maximum absolute atomic E-state index is 14.0. The molecule has 1 N–H and O–H groups in total. The fourth-order valence-corrected chi connectivity index (χ4v) is 6.21. The number of rotatable bonds is 6. The van der Waals surface area contributed by atoms with E-state index in [1.54, 1.807) is 30.3 Å². The molecule has 4 aromatic rings. The lowest BCUT2D eigenvalue weighted by molar-refractivity contribution is -0.140. The molecule has 0 bridgehead atoms. The van der Waals surface area contributed by atoms with Gasteiger partial charge in [-0.05, 0) is 62.2 Å². The first kappa shape index (κ1) is 24.9. The average Bonchev–Trinajstić information content (AvgIpc) is 3.35. The van der Waals surface area contributed by atoms with Crippen molar-refractivity contribution in [2.45, 2.75) is 36.7 Å². The van der Waals surface area contributed by atoms with Gasteiger partial charge in [-0.3, -0.25) is 9.78 Å². The molecule has 1 fully saturated rings.